The number of nitrogens with one attached hydrogen (secondary N) is 3. The molecule has 2 heterocycles. The SMILES string of the molecule is CC(C)c1c(NN)ncnc1NCc1csc(=O)[nH]1. The van der Waals surface area contributed by atoms with Crippen LogP contribution in [0.1, 0.15) is 31.0 Å². The van der Waals surface area contributed by atoms with Gasteiger partial charge in [0.15, 0.2) is 0 Å². The molecule has 0 radical (unpaired) electrons. The Labute approximate surface area is 114 Å². The van der Waals surface area contributed by atoms with Gasteiger partial charge in [-0.05, 0) is 5.92 Å². The number of anilines is 2. The van der Waals surface area contributed by atoms with Gasteiger partial charge in [-0.1, -0.05) is 25.2 Å². The molecule has 2 aromatic heterocycles. The van der Waals surface area contributed by atoms with Gasteiger partial charge >= 0.3 is 4.87 Å². The zero-order chi connectivity index (χ0) is 13.8. The maximum atomic E-state index is 11.1. The number of aromatic amines is 1. The lowest BCUT2D eigenvalue weighted by atomic mass is 10.0. The van der Waals surface area contributed by atoms with Gasteiger partial charge in [-0.3, -0.25) is 4.79 Å². The van der Waals surface area contributed by atoms with Crippen molar-refractivity contribution in [2.45, 2.75) is 26.3 Å². The van der Waals surface area contributed by atoms with Crippen LogP contribution < -0.4 is 21.5 Å². The summed E-state index contributed by atoms with van der Waals surface area (Å²) in [5.74, 6) is 6.99. The molecule has 0 saturated carbocycles. The highest BCUT2D eigenvalue weighted by Crippen LogP contribution is 2.27. The second kappa shape index (κ2) is 5.81. The fraction of sp³-hybridized carbons (Fsp3) is 0.364. The van der Waals surface area contributed by atoms with E-state index in [0.29, 0.717) is 18.2 Å². The van der Waals surface area contributed by atoms with Crippen LogP contribution in [-0.2, 0) is 6.54 Å². The summed E-state index contributed by atoms with van der Waals surface area (Å²) in [7, 11) is 0. The minimum absolute atomic E-state index is 0.0621. The van der Waals surface area contributed by atoms with Gasteiger partial charge in [0.2, 0.25) is 0 Å². The summed E-state index contributed by atoms with van der Waals surface area (Å²) in [6, 6.07) is 0. The van der Waals surface area contributed by atoms with Crippen molar-refractivity contribution in [3.8, 4) is 0 Å². The molecule has 0 aliphatic heterocycles. The minimum Gasteiger partial charge on any atom is -0.364 e. The lowest BCUT2D eigenvalue weighted by Crippen LogP contribution is -2.15. The summed E-state index contributed by atoms with van der Waals surface area (Å²) in [5.41, 5.74) is 4.32. The van der Waals surface area contributed by atoms with Crippen molar-refractivity contribution < 1.29 is 0 Å². The predicted octanol–water partition coefficient (Wildman–Crippen LogP) is 1.25. The molecule has 0 fully saturated rings. The second-order valence-electron chi connectivity index (χ2n) is 4.31. The number of hydrogen-bond acceptors (Lipinski definition) is 7. The molecule has 8 heteroatoms. The van der Waals surface area contributed by atoms with Crippen LogP contribution in [0.25, 0.3) is 0 Å². The third-order valence-electron chi connectivity index (χ3n) is 2.62. The summed E-state index contributed by atoms with van der Waals surface area (Å²) < 4.78 is 0. The minimum atomic E-state index is -0.0621. The normalized spacial score (nSPS) is 10.7. The summed E-state index contributed by atoms with van der Waals surface area (Å²) >= 11 is 1.14. The van der Waals surface area contributed by atoms with Crippen molar-refractivity contribution in [3.63, 3.8) is 0 Å². The largest absolute Gasteiger partial charge is 0.364 e. The topological polar surface area (TPSA) is 109 Å². The van der Waals surface area contributed by atoms with E-state index in [1.54, 1.807) is 5.38 Å². The highest BCUT2D eigenvalue weighted by molar-refractivity contribution is 7.07. The van der Waals surface area contributed by atoms with Gasteiger partial charge < -0.3 is 15.7 Å². The number of nitrogens with two attached hydrogens (primary N) is 1. The molecule has 2 rings (SSSR count). The summed E-state index contributed by atoms with van der Waals surface area (Å²) in [6.45, 7) is 4.58. The Hall–Kier alpha value is -1.93. The molecule has 2 aromatic rings. The van der Waals surface area contributed by atoms with Gasteiger partial charge in [0, 0.05) is 16.6 Å². The molecule has 5 N–H and O–H groups in total. The summed E-state index contributed by atoms with van der Waals surface area (Å²) in [4.78, 5) is 22.1. The zero-order valence-corrected chi connectivity index (χ0v) is 11.5. The molecule has 0 unspecified atom stereocenters. The molecule has 0 aromatic carbocycles. The summed E-state index contributed by atoms with van der Waals surface area (Å²) in [5, 5.41) is 4.97. The van der Waals surface area contributed by atoms with Crippen LogP contribution in [0.15, 0.2) is 16.5 Å². The molecule has 0 amide bonds. The first-order chi connectivity index (χ1) is 9.11. The Kier molecular flexibility index (Phi) is 4.13. The van der Waals surface area contributed by atoms with Crippen LogP contribution in [0.5, 0.6) is 0 Å². The molecule has 0 aliphatic carbocycles. The third kappa shape index (κ3) is 3.09. The fourth-order valence-corrected chi connectivity index (χ4v) is 2.36. The Morgan fingerprint density at radius 3 is 2.74 bits per heavy atom. The van der Waals surface area contributed by atoms with Crippen LogP contribution in [0.3, 0.4) is 0 Å². The molecule has 7 nitrogen and oxygen atoms in total. The van der Waals surface area contributed by atoms with Crippen molar-refractivity contribution >= 4 is 23.0 Å². The van der Waals surface area contributed by atoms with E-state index in [1.807, 2.05) is 13.8 Å². The van der Waals surface area contributed by atoms with Crippen molar-refractivity contribution in [1.29, 1.82) is 0 Å². The molecule has 0 spiro atoms. The fourth-order valence-electron chi connectivity index (χ4n) is 1.78. The maximum Gasteiger partial charge on any atom is 0.304 e. The number of rotatable bonds is 5. The van der Waals surface area contributed by atoms with Crippen molar-refractivity contribution in [2.24, 2.45) is 5.84 Å². The van der Waals surface area contributed by atoms with E-state index in [1.165, 1.54) is 6.33 Å². The van der Waals surface area contributed by atoms with E-state index in [2.05, 4.69) is 25.7 Å². The molecule has 102 valence electrons. The van der Waals surface area contributed by atoms with Crippen LogP contribution in [0.2, 0.25) is 0 Å². The van der Waals surface area contributed by atoms with Gasteiger partial charge in [0.1, 0.15) is 18.0 Å². The Balaban J connectivity index is 2.22. The van der Waals surface area contributed by atoms with Crippen molar-refractivity contribution in [3.05, 3.63) is 32.6 Å². The van der Waals surface area contributed by atoms with Crippen molar-refractivity contribution in [1.82, 2.24) is 15.0 Å². The van der Waals surface area contributed by atoms with E-state index >= 15 is 0 Å². The first kappa shape index (κ1) is 13.5. The highest BCUT2D eigenvalue weighted by atomic mass is 32.1. The van der Waals surface area contributed by atoms with Gasteiger partial charge in [-0.25, -0.2) is 15.8 Å². The van der Waals surface area contributed by atoms with Gasteiger partial charge in [-0.2, -0.15) is 0 Å². The molecule has 0 saturated heterocycles. The van der Waals surface area contributed by atoms with E-state index < -0.39 is 0 Å². The van der Waals surface area contributed by atoms with Crippen LogP contribution in [0.4, 0.5) is 11.6 Å². The predicted molar refractivity (Wildman–Crippen MR) is 76.2 cm³/mol. The molecular formula is C11H16N6OS. The Morgan fingerprint density at radius 2 is 2.16 bits per heavy atom. The van der Waals surface area contributed by atoms with Gasteiger partial charge in [0.25, 0.3) is 0 Å². The average Bonchev–Trinajstić information content (AvgIpc) is 2.81. The molecular weight excluding hydrogens is 264 g/mol. The Morgan fingerprint density at radius 1 is 1.42 bits per heavy atom. The number of thiazole rings is 1. The van der Waals surface area contributed by atoms with E-state index in [-0.39, 0.29) is 10.8 Å². The zero-order valence-electron chi connectivity index (χ0n) is 10.7. The van der Waals surface area contributed by atoms with Gasteiger partial charge in [-0.15, -0.1) is 0 Å². The van der Waals surface area contributed by atoms with Gasteiger partial charge in [0.05, 0.1) is 6.54 Å². The number of hydrazine groups is 1. The number of H-pyrrole nitrogens is 1. The first-order valence-electron chi connectivity index (χ1n) is 5.84. The third-order valence-corrected chi connectivity index (χ3v) is 3.33. The number of hydrogen-bond donors (Lipinski definition) is 4. The molecule has 0 bridgehead atoms. The average molecular weight is 280 g/mol. The maximum absolute atomic E-state index is 11.1. The standard InChI is InChI=1S/C11H16N6OS/c1-6(2)8-9(14-5-15-10(8)17-12)13-3-7-4-19-11(18)16-7/h4-6H,3,12H2,1-2H3,(H,16,18)(H2,13,14,15,17). The van der Waals surface area contributed by atoms with Crippen molar-refractivity contribution in [2.75, 3.05) is 10.7 Å². The first-order valence-corrected chi connectivity index (χ1v) is 6.72. The number of nitrogens with zero attached hydrogens (tertiary/aromatic N) is 2. The van der Waals surface area contributed by atoms with E-state index in [0.717, 1.165) is 22.6 Å². The lowest BCUT2D eigenvalue weighted by Gasteiger charge is -2.16. The Bertz CT molecular complexity index is 605. The smallest absolute Gasteiger partial charge is 0.304 e. The second-order valence-corrected chi connectivity index (χ2v) is 5.15. The monoisotopic (exact) mass is 280 g/mol. The molecule has 19 heavy (non-hydrogen) atoms. The number of aromatic nitrogens is 3. The molecule has 0 aliphatic rings. The summed E-state index contributed by atoms with van der Waals surface area (Å²) in [6.07, 6.45) is 1.44. The highest BCUT2D eigenvalue weighted by Gasteiger charge is 2.14. The van der Waals surface area contributed by atoms with Crippen LogP contribution >= 0.6 is 11.3 Å². The lowest BCUT2D eigenvalue weighted by molar-refractivity contribution is 0.843. The number of nitrogen functional groups attached to an aromatic ring is 1. The van der Waals surface area contributed by atoms with E-state index in [4.69, 9.17) is 5.84 Å². The van der Waals surface area contributed by atoms with E-state index in [9.17, 15) is 4.79 Å². The van der Waals surface area contributed by atoms with Crippen LogP contribution in [0, 0.1) is 0 Å². The molecule has 0 atom stereocenters. The van der Waals surface area contributed by atoms with Crippen LogP contribution in [-0.4, -0.2) is 15.0 Å². The quantitative estimate of drug-likeness (QED) is 0.485.